The van der Waals surface area contributed by atoms with Gasteiger partial charge in [0.05, 0.1) is 19.8 Å². The molecule has 112 valence electrons. The summed E-state index contributed by atoms with van der Waals surface area (Å²) in [7, 11) is 1.62. The van der Waals surface area contributed by atoms with Crippen LogP contribution in [0.4, 0.5) is 4.39 Å². The van der Waals surface area contributed by atoms with Gasteiger partial charge in [-0.2, -0.15) is 0 Å². The molecule has 20 heavy (non-hydrogen) atoms. The van der Waals surface area contributed by atoms with Crippen LogP contribution in [-0.4, -0.2) is 44.5 Å². The van der Waals surface area contributed by atoms with Crippen LogP contribution in [0, 0.1) is 5.82 Å². The summed E-state index contributed by atoms with van der Waals surface area (Å²) < 4.78 is 23.5. The maximum absolute atomic E-state index is 13.4. The second-order valence-corrected chi connectivity index (χ2v) is 4.12. The van der Waals surface area contributed by atoms with Crippen LogP contribution in [0.3, 0.4) is 0 Å². The molecule has 0 aliphatic carbocycles. The van der Waals surface area contributed by atoms with E-state index in [2.05, 4.69) is 10.5 Å². The predicted molar refractivity (Wildman–Crippen MR) is 73.3 cm³/mol. The minimum Gasteiger partial charge on any atom is -0.409 e. The van der Waals surface area contributed by atoms with E-state index in [1.54, 1.807) is 13.2 Å². The Balaban J connectivity index is 2.38. The molecule has 0 aliphatic heterocycles. The highest BCUT2D eigenvalue weighted by molar-refractivity contribution is 5.97. The Kier molecular flexibility index (Phi) is 7.56. The fourth-order valence-electron chi connectivity index (χ4n) is 1.58. The highest BCUT2D eigenvalue weighted by atomic mass is 19.1. The number of rotatable bonds is 9. The Bertz CT molecular complexity index is 441. The number of nitrogens with one attached hydrogen (secondary N) is 1. The summed E-state index contributed by atoms with van der Waals surface area (Å²) in [5.74, 6) is -0.545. The zero-order valence-corrected chi connectivity index (χ0v) is 11.4. The lowest BCUT2D eigenvalue weighted by molar-refractivity contribution is 0.0719. The monoisotopic (exact) mass is 285 g/mol. The van der Waals surface area contributed by atoms with E-state index in [4.69, 9.17) is 20.4 Å². The Morgan fingerprint density at radius 1 is 1.35 bits per heavy atom. The number of halogens is 1. The van der Waals surface area contributed by atoms with Crippen LogP contribution >= 0.6 is 0 Å². The molecule has 0 atom stereocenters. The zero-order valence-electron chi connectivity index (χ0n) is 11.4. The molecule has 0 aliphatic rings. The van der Waals surface area contributed by atoms with Crippen molar-refractivity contribution in [2.24, 2.45) is 10.9 Å². The molecule has 0 spiro atoms. The van der Waals surface area contributed by atoms with E-state index in [-0.39, 0.29) is 5.84 Å². The van der Waals surface area contributed by atoms with Crippen molar-refractivity contribution in [3.8, 4) is 0 Å². The Morgan fingerprint density at radius 3 is 2.85 bits per heavy atom. The fraction of sp³-hybridized carbons (Fsp3) is 0.462. The van der Waals surface area contributed by atoms with Crippen LogP contribution in [0.25, 0.3) is 0 Å². The summed E-state index contributed by atoms with van der Waals surface area (Å²) in [5, 5.41) is 14.6. The van der Waals surface area contributed by atoms with Crippen LogP contribution in [-0.2, 0) is 16.0 Å². The van der Waals surface area contributed by atoms with Crippen molar-refractivity contribution >= 4 is 5.84 Å². The van der Waals surface area contributed by atoms with Crippen LogP contribution in [0.1, 0.15) is 11.1 Å². The smallest absolute Gasteiger partial charge is 0.170 e. The normalized spacial score (nSPS) is 11.8. The van der Waals surface area contributed by atoms with E-state index >= 15 is 0 Å². The number of amidine groups is 1. The van der Waals surface area contributed by atoms with Gasteiger partial charge in [0, 0.05) is 25.8 Å². The first-order chi connectivity index (χ1) is 9.67. The largest absolute Gasteiger partial charge is 0.409 e. The van der Waals surface area contributed by atoms with Crippen molar-refractivity contribution < 1.29 is 19.1 Å². The Labute approximate surface area is 117 Å². The van der Waals surface area contributed by atoms with Crippen molar-refractivity contribution in [3.63, 3.8) is 0 Å². The van der Waals surface area contributed by atoms with Gasteiger partial charge in [-0.05, 0) is 23.8 Å². The molecular weight excluding hydrogens is 265 g/mol. The number of hydrogen-bond donors (Lipinski definition) is 3. The number of hydrogen-bond acceptors (Lipinski definition) is 5. The molecule has 0 saturated heterocycles. The molecule has 0 saturated carbocycles. The summed E-state index contributed by atoms with van der Waals surface area (Å²) in [6.07, 6.45) is 0. The van der Waals surface area contributed by atoms with Gasteiger partial charge in [-0.15, -0.1) is 0 Å². The van der Waals surface area contributed by atoms with E-state index in [1.165, 1.54) is 12.1 Å². The Hall–Kier alpha value is -1.70. The van der Waals surface area contributed by atoms with Crippen molar-refractivity contribution in [1.29, 1.82) is 0 Å². The van der Waals surface area contributed by atoms with Gasteiger partial charge in [0.15, 0.2) is 5.84 Å². The molecule has 0 fully saturated rings. The van der Waals surface area contributed by atoms with E-state index in [1.807, 2.05) is 0 Å². The lowest BCUT2D eigenvalue weighted by atomic mass is 10.1. The number of ether oxygens (including phenoxy) is 2. The predicted octanol–water partition coefficient (Wildman–Crippen LogP) is 0.673. The van der Waals surface area contributed by atoms with Crippen LogP contribution in [0.2, 0.25) is 0 Å². The van der Waals surface area contributed by atoms with Gasteiger partial charge in [0.2, 0.25) is 0 Å². The summed E-state index contributed by atoms with van der Waals surface area (Å²) >= 11 is 0. The molecule has 1 aromatic rings. The third kappa shape index (κ3) is 5.96. The standard InChI is InChI=1S/C13H20FN3O3/c1-19-4-5-20-3-2-16-9-10-6-11(13(15)17-18)8-12(14)7-10/h6-8,16,18H,2-5,9H2,1H3,(H2,15,17). The van der Waals surface area contributed by atoms with Crippen molar-refractivity contribution in [2.45, 2.75) is 6.54 Å². The molecule has 1 rings (SSSR count). The fourth-order valence-corrected chi connectivity index (χ4v) is 1.58. The van der Waals surface area contributed by atoms with Gasteiger partial charge in [0.25, 0.3) is 0 Å². The lowest BCUT2D eigenvalue weighted by Crippen LogP contribution is -2.21. The van der Waals surface area contributed by atoms with Gasteiger partial charge in [-0.1, -0.05) is 5.16 Å². The maximum Gasteiger partial charge on any atom is 0.170 e. The van der Waals surface area contributed by atoms with Crippen molar-refractivity contribution in [3.05, 3.63) is 35.1 Å². The Morgan fingerprint density at radius 2 is 2.15 bits per heavy atom. The highest BCUT2D eigenvalue weighted by Crippen LogP contribution is 2.09. The number of methoxy groups -OCH3 is 1. The van der Waals surface area contributed by atoms with Crippen molar-refractivity contribution in [1.82, 2.24) is 5.32 Å². The van der Waals surface area contributed by atoms with Gasteiger partial charge in [-0.25, -0.2) is 4.39 Å². The molecule has 1 aromatic carbocycles. The summed E-state index contributed by atoms with van der Waals surface area (Å²) in [4.78, 5) is 0. The third-order valence-electron chi connectivity index (χ3n) is 2.55. The van der Waals surface area contributed by atoms with Gasteiger partial charge >= 0.3 is 0 Å². The lowest BCUT2D eigenvalue weighted by Gasteiger charge is -2.08. The number of nitrogens with zero attached hydrogens (tertiary/aromatic N) is 1. The minimum absolute atomic E-state index is 0.117. The van der Waals surface area contributed by atoms with Crippen molar-refractivity contribution in [2.75, 3.05) is 33.5 Å². The van der Waals surface area contributed by atoms with E-state index < -0.39 is 5.82 Å². The quantitative estimate of drug-likeness (QED) is 0.204. The average molecular weight is 285 g/mol. The molecule has 0 heterocycles. The van der Waals surface area contributed by atoms with Crippen LogP contribution in [0.5, 0.6) is 0 Å². The third-order valence-corrected chi connectivity index (χ3v) is 2.55. The topological polar surface area (TPSA) is 89.1 Å². The molecule has 4 N–H and O–H groups in total. The number of nitrogens with two attached hydrogens (primary N) is 1. The van der Waals surface area contributed by atoms with Gasteiger partial charge in [-0.3, -0.25) is 0 Å². The molecule has 0 amide bonds. The van der Waals surface area contributed by atoms with E-state index in [0.29, 0.717) is 44.0 Å². The average Bonchev–Trinajstić information content (AvgIpc) is 2.45. The second kappa shape index (κ2) is 9.24. The molecule has 0 unspecified atom stereocenters. The minimum atomic E-state index is -0.428. The van der Waals surface area contributed by atoms with E-state index in [9.17, 15) is 4.39 Å². The second-order valence-electron chi connectivity index (χ2n) is 4.12. The zero-order chi connectivity index (χ0) is 14.8. The first kappa shape index (κ1) is 16.4. The highest BCUT2D eigenvalue weighted by Gasteiger charge is 2.04. The summed E-state index contributed by atoms with van der Waals surface area (Å²) in [6, 6.07) is 4.27. The molecule has 0 aromatic heterocycles. The first-order valence-corrected chi connectivity index (χ1v) is 6.22. The molecule has 7 heteroatoms. The summed E-state index contributed by atoms with van der Waals surface area (Å²) in [6.45, 7) is 2.76. The molecular formula is C13H20FN3O3. The number of oxime groups is 1. The summed E-state index contributed by atoms with van der Waals surface area (Å²) in [5.41, 5.74) is 6.50. The van der Waals surface area contributed by atoms with Gasteiger partial charge < -0.3 is 25.7 Å². The molecule has 0 bridgehead atoms. The number of benzene rings is 1. The molecule has 6 nitrogen and oxygen atoms in total. The SMILES string of the molecule is COCCOCCNCc1cc(F)cc(/C(N)=N/O)c1. The van der Waals surface area contributed by atoms with Gasteiger partial charge in [0.1, 0.15) is 5.82 Å². The first-order valence-electron chi connectivity index (χ1n) is 6.22. The van der Waals surface area contributed by atoms with Crippen LogP contribution < -0.4 is 11.1 Å². The van der Waals surface area contributed by atoms with Crippen LogP contribution in [0.15, 0.2) is 23.4 Å². The maximum atomic E-state index is 13.4. The van der Waals surface area contributed by atoms with E-state index in [0.717, 1.165) is 0 Å². The molecule has 0 radical (unpaired) electrons.